The lowest BCUT2D eigenvalue weighted by molar-refractivity contribution is 0.154. The van der Waals surface area contributed by atoms with Gasteiger partial charge in [0.15, 0.2) is 0 Å². The average Bonchev–Trinajstić information content (AvgIpc) is 2.04. The van der Waals surface area contributed by atoms with Crippen LogP contribution in [0.3, 0.4) is 0 Å². The van der Waals surface area contributed by atoms with Crippen molar-refractivity contribution in [1.82, 2.24) is 10.2 Å². The Hall–Kier alpha value is 0.270. The lowest BCUT2D eigenvalue weighted by Gasteiger charge is -2.41. The number of hydrogen-bond donors (Lipinski definition) is 1. The summed E-state index contributed by atoms with van der Waals surface area (Å²) in [6, 6.07) is 1.53. The number of nitrogens with zero attached hydrogens (tertiary/aromatic N) is 1. The molecule has 64 valence electrons. The molecule has 0 radical (unpaired) electrons. The number of nitrogens with one attached hydrogen (secondary N) is 1. The summed E-state index contributed by atoms with van der Waals surface area (Å²) in [5.74, 6) is 2.67. The molecule has 0 aromatic carbocycles. The summed E-state index contributed by atoms with van der Waals surface area (Å²) >= 11 is 2.10. The highest BCUT2D eigenvalue weighted by atomic mass is 32.2. The van der Waals surface area contributed by atoms with E-state index in [2.05, 4.69) is 28.9 Å². The minimum Gasteiger partial charge on any atom is -0.311 e. The van der Waals surface area contributed by atoms with Crippen LogP contribution in [0.2, 0.25) is 0 Å². The van der Waals surface area contributed by atoms with Gasteiger partial charge in [-0.25, -0.2) is 0 Å². The lowest BCUT2D eigenvalue weighted by atomic mass is 10.1. The fraction of sp³-hybridized carbons (Fsp3) is 1.00. The summed E-state index contributed by atoms with van der Waals surface area (Å²) < 4.78 is 0. The molecule has 2 aliphatic rings. The van der Waals surface area contributed by atoms with Crippen LogP contribution in [0.5, 0.6) is 0 Å². The molecule has 2 atom stereocenters. The fourth-order valence-corrected chi connectivity index (χ4v) is 3.00. The highest BCUT2D eigenvalue weighted by Crippen LogP contribution is 2.18. The van der Waals surface area contributed by atoms with Gasteiger partial charge >= 0.3 is 0 Å². The Morgan fingerprint density at radius 2 is 2.45 bits per heavy atom. The minimum absolute atomic E-state index is 0.703. The third-order valence-electron chi connectivity index (χ3n) is 2.56. The van der Waals surface area contributed by atoms with Crippen molar-refractivity contribution in [2.24, 2.45) is 0 Å². The van der Waals surface area contributed by atoms with E-state index in [0.29, 0.717) is 6.04 Å². The zero-order valence-corrected chi connectivity index (χ0v) is 7.86. The molecule has 2 aliphatic heterocycles. The maximum absolute atomic E-state index is 3.53. The van der Waals surface area contributed by atoms with Gasteiger partial charge in [-0.1, -0.05) is 0 Å². The molecule has 2 saturated heterocycles. The number of piperazine rings is 1. The van der Waals surface area contributed by atoms with Gasteiger partial charge in [0.05, 0.1) is 0 Å². The van der Waals surface area contributed by atoms with Crippen molar-refractivity contribution >= 4 is 11.8 Å². The summed E-state index contributed by atoms with van der Waals surface area (Å²) in [4.78, 5) is 2.64. The number of rotatable bonds is 0. The molecule has 2 heterocycles. The normalized spacial score (nSPS) is 40.1. The van der Waals surface area contributed by atoms with Gasteiger partial charge in [-0.3, -0.25) is 4.90 Å². The molecule has 2 fully saturated rings. The van der Waals surface area contributed by atoms with E-state index in [1.165, 1.54) is 31.1 Å². The Morgan fingerprint density at radius 3 is 3.36 bits per heavy atom. The van der Waals surface area contributed by atoms with Crippen LogP contribution in [-0.4, -0.2) is 48.1 Å². The molecular formula is C8H16N2S. The molecule has 2 rings (SSSR count). The van der Waals surface area contributed by atoms with Gasteiger partial charge in [0.1, 0.15) is 0 Å². The molecule has 2 unspecified atom stereocenters. The highest BCUT2D eigenvalue weighted by molar-refractivity contribution is 7.99. The van der Waals surface area contributed by atoms with Crippen LogP contribution >= 0.6 is 11.8 Å². The van der Waals surface area contributed by atoms with Crippen molar-refractivity contribution in [2.75, 3.05) is 31.1 Å². The smallest absolute Gasteiger partial charge is 0.0312 e. The van der Waals surface area contributed by atoms with E-state index in [1.54, 1.807) is 0 Å². The van der Waals surface area contributed by atoms with Crippen molar-refractivity contribution in [3.63, 3.8) is 0 Å². The van der Waals surface area contributed by atoms with E-state index in [0.717, 1.165) is 6.04 Å². The third-order valence-corrected chi connectivity index (χ3v) is 3.65. The molecule has 1 N–H and O–H groups in total. The third kappa shape index (κ3) is 1.71. The Bertz CT molecular complexity index is 140. The van der Waals surface area contributed by atoms with Crippen LogP contribution in [0, 0.1) is 0 Å². The predicted molar refractivity (Wildman–Crippen MR) is 50.2 cm³/mol. The van der Waals surface area contributed by atoms with Gasteiger partial charge in [-0.15, -0.1) is 0 Å². The summed E-state index contributed by atoms with van der Waals surface area (Å²) in [6.45, 7) is 6.04. The van der Waals surface area contributed by atoms with Crippen molar-refractivity contribution in [2.45, 2.75) is 19.0 Å². The first kappa shape index (κ1) is 7.90. The molecule has 0 amide bonds. The zero-order chi connectivity index (χ0) is 7.68. The van der Waals surface area contributed by atoms with Crippen LogP contribution in [0.25, 0.3) is 0 Å². The van der Waals surface area contributed by atoms with Gasteiger partial charge in [0.2, 0.25) is 0 Å². The molecule has 11 heavy (non-hydrogen) atoms. The Balaban J connectivity index is 1.93. The van der Waals surface area contributed by atoms with Crippen molar-refractivity contribution in [3.8, 4) is 0 Å². The molecule has 0 spiro atoms. The quantitative estimate of drug-likeness (QED) is 0.569. The summed E-state index contributed by atoms with van der Waals surface area (Å²) in [6.07, 6.45) is 0. The van der Waals surface area contributed by atoms with E-state index in [9.17, 15) is 0 Å². The number of hydrogen-bond acceptors (Lipinski definition) is 3. The monoisotopic (exact) mass is 172 g/mol. The van der Waals surface area contributed by atoms with Crippen LogP contribution in [-0.2, 0) is 0 Å². The second-order valence-electron chi connectivity index (χ2n) is 3.53. The number of thioether (sulfide) groups is 1. The maximum atomic E-state index is 3.53. The van der Waals surface area contributed by atoms with Crippen LogP contribution in [0.1, 0.15) is 6.92 Å². The SMILES string of the molecule is CC1CN2CCSCC2CN1. The van der Waals surface area contributed by atoms with Crippen molar-refractivity contribution < 1.29 is 0 Å². The first-order valence-corrected chi connectivity index (χ1v) is 5.57. The summed E-state index contributed by atoms with van der Waals surface area (Å²) in [5, 5.41) is 3.53. The summed E-state index contributed by atoms with van der Waals surface area (Å²) in [5.41, 5.74) is 0. The molecule has 0 saturated carbocycles. The van der Waals surface area contributed by atoms with Crippen LogP contribution < -0.4 is 5.32 Å². The zero-order valence-electron chi connectivity index (χ0n) is 7.05. The van der Waals surface area contributed by atoms with Gasteiger partial charge < -0.3 is 5.32 Å². The Labute approximate surface area is 72.7 Å². The van der Waals surface area contributed by atoms with Gasteiger partial charge in [-0.2, -0.15) is 11.8 Å². The average molecular weight is 172 g/mol. The molecule has 2 nitrogen and oxygen atoms in total. The van der Waals surface area contributed by atoms with Crippen molar-refractivity contribution in [3.05, 3.63) is 0 Å². The van der Waals surface area contributed by atoms with Gasteiger partial charge in [0.25, 0.3) is 0 Å². The van der Waals surface area contributed by atoms with E-state index in [4.69, 9.17) is 0 Å². The van der Waals surface area contributed by atoms with Crippen LogP contribution in [0.15, 0.2) is 0 Å². The topological polar surface area (TPSA) is 15.3 Å². The Morgan fingerprint density at radius 1 is 1.55 bits per heavy atom. The molecule has 0 aromatic heterocycles. The number of fused-ring (bicyclic) bond motifs is 1. The van der Waals surface area contributed by atoms with E-state index in [-0.39, 0.29) is 0 Å². The molecular weight excluding hydrogens is 156 g/mol. The molecule has 3 heteroatoms. The molecule has 0 bridgehead atoms. The van der Waals surface area contributed by atoms with Gasteiger partial charge in [0, 0.05) is 43.2 Å². The van der Waals surface area contributed by atoms with E-state index in [1.807, 2.05) is 0 Å². The first-order chi connectivity index (χ1) is 5.36. The first-order valence-electron chi connectivity index (χ1n) is 4.41. The lowest BCUT2D eigenvalue weighted by Crippen LogP contribution is -2.58. The standard InChI is InChI=1S/C8H16N2S/c1-7-5-10-2-3-11-6-8(10)4-9-7/h7-9H,2-6H2,1H3. The second kappa shape index (κ2) is 3.33. The minimum atomic E-state index is 0.703. The fourth-order valence-electron chi connectivity index (χ4n) is 1.87. The van der Waals surface area contributed by atoms with Crippen molar-refractivity contribution in [1.29, 1.82) is 0 Å². The Kier molecular flexibility index (Phi) is 2.39. The second-order valence-corrected chi connectivity index (χ2v) is 4.68. The molecule has 0 aliphatic carbocycles. The molecule has 0 aromatic rings. The largest absolute Gasteiger partial charge is 0.311 e. The van der Waals surface area contributed by atoms with E-state index >= 15 is 0 Å². The van der Waals surface area contributed by atoms with E-state index < -0.39 is 0 Å². The van der Waals surface area contributed by atoms with Crippen LogP contribution in [0.4, 0.5) is 0 Å². The predicted octanol–water partition coefficient (Wildman–Crippen LogP) is 0.396. The highest BCUT2D eigenvalue weighted by Gasteiger charge is 2.27. The maximum Gasteiger partial charge on any atom is 0.0312 e. The van der Waals surface area contributed by atoms with Gasteiger partial charge in [-0.05, 0) is 6.92 Å². The summed E-state index contributed by atoms with van der Waals surface area (Å²) in [7, 11) is 0.